The van der Waals surface area contributed by atoms with E-state index in [1.54, 1.807) is 11.3 Å². The molecule has 4 nitrogen and oxygen atoms in total. The van der Waals surface area contributed by atoms with Crippen molar-refractivity contribution in [2.75, 3.05) is 32.4 Å². The summed E-state index contributed by atoms with van der Waals surface area (Å²) in [4.78, 5) is 3.42. The van der Waals surface area contributed by atoms with Crippen molar-refractivity contribution in [3.05, 3.63) is 34.2 Å². The SMILES string of the molecule is CS(=O)(=O)N1CCN(Cc2sc3ccccc3c2Cl)CC1. The van der Waals surface area contributed by atoms with Gasteiger partial charge in [0.2, 0.25) is 10.0 Å². The fourth-order valence-corrected chi connectivity index (χ4v) is 4.95. The van der Waals surface area contributed by atoms with Gasteiger partial charge in [0.1, 0.15) is 0 Å². The van der Waals surface area contributed by atoms with Gasteiger partial charge in [-0.25, -0.2) is 8.42 Å². The van der Waals surface area contributed by atoms with Gasteiger partial charge < -0.3 is 0 Å². The summed E-state index contributed by atoms with van der Waals surface area (Å²) in [6.07, 6.45) is 1.27. The molecule has 21 heavy (non-hydrogen) atoms. The molecule has 1 fully saturated rings. The van der Waals surface area contributed by atoms with Crippen molar-refractivity contribution in [1.29, 1.82) is 0 Å². The lowest BCUT2D eigenvalue weighted by Crippen LogP contribution is -2.47. The lowest BCUT2D eigenvalue weighted by atomic mass is 10.2. The summed E-state index contributed by atoms with van der Waals surface area (Å²) in [7, 11) is -3.07. The highest BCUT2D eigenvalue weighted by atomic mass is 35.5. The third-order valence-corrected chi connectivity index (χ3v) is 6.77. The van der Waals surface area contributed by atoms with Gasteiger partial charge in [0.25, 0.3) is 0 Å². The molecular formula is C14H17ClN2O2S2. The Kier molecular flexibility index (Phi) is 4.25. The summed E-state index contributed by atoms with van der Waals surface area (Å²) in [5.74, 6) is 0. The van der Waals surface area contributed by atoms with Crippen molar-refractivity contribution in [3.63, 3.8) is 0 Å². The van der Waals surface area contributed by atoms with E-state index in [9.17, 15) is 8.42 Å². The maximum absolute atomic E-state index is 11.5. The monoisotopic (exact) mass is 344 g/mol. The van der Waals surface area contributed by atoms with Crippen molar-refractivity contribution in [2.24, 2.45) is 0 Å². The normalized spacial score (nSPS) is 18.4. The number of hydrogen-bond donors (Lipinski definition) is 0. The zero-order chi connectivity index (χ0) is 15.0. The largest absolute Gasteiger partial charge is 0.296 e. The highest BCUT2D eigenvalue weighted by Crippen LogP contribution is 2.35. The molecule has 0 spiro atoms. The first kappa shape index (κ1) is 15.2. The molecule has 0 N–H and O–H groups in total. The van der Waals surface area contributed by atoms with Crippen molar-refractivity contribution < 1.29 is 8.42 Å². The van der Waals surface area contributed by atoms with Crippen LogP contribution in [0, 0.1) is 0 Å². The van der Waals surface area contributed by atoms with Crippen LogP contribution in [0.5, 0.6) is 0 Å². The van der Waals surface area contributed by atoms with Crippen LogP contribution in [0.2, 0.25) is 5.02 Å². The first-order valence-electron chi connectivity index (χ1n) is 6.78. The zero-order valence-electron chi connectivity index (χ0n) is 11.8. The number of nitrogens with zero attached hydrogens (tertiary/aromatic N) is 2. The number of hydrogen-bond acceptors (Lipinski definition) is 4. The molecule has 1 aromatic heterocycles. The Bertz CT molecular complexity index is 749. The van der Waals surface area contributed by atoms with Gasteiger partial charge in [-0.3, -0.25) is 4.90 Å². The van der Waals surface area contributed by atoms with Gasteiger partial charge >= 0.3 is 0 Å². The van der Waals surface area contributed by atoms with Gasteiger partial charge in [-0.2, -0.15) is 4.31 Å². The first-order chi connectivity index (χ1) is 9.95. The maximum Gasteiger partial charge on any atom is 0.211 e. The Balaban J connectivity index is 1.71. The average Bonchev–Trinajstić information content (AvgIpc) is 2.76. The van der Waals surface area contributed by atoms with Crippen molar-refractivity contribution in [1.82, 2.24) is 9.21 Å². The molecule has 0 aliphatic carbocycles. The fraction of sp³-hybridized carbons (Fsp3) is 0.429. The zero-order valence-corrected chi connectivity index (χ0v) is 14.1. The van der Waals surface area contributed by atoms with Gasteiger partial charge in [0.15, 0.2) is 0 Å². The van der Waals surface area contributed by atoms with Crippen LogP contribution in [0.15, 0.2) is 24.3 Å². The van der Waals surface area contributed by atoms with Crippen molar-refractivity contribution >= 4 is 43.0 Å². The molecule has 0 amide bonds. The summed E-state index contributed by atoms with van der Waals surface area (Å²) in [5, 5.41) is 1.94. The molecule has 2 aromatic rings. The van der Waals surface area contributed by atoms with Crippen LogP contribution < -0.4 is 0 Å². The minimum Gasteiger partial charge on any atom is -0.296 e. The summed E-state index contributed by atoms with van der Waals surface area (Å²) < 4.78 is 25.8. The van der Waals surface area contributed by atoms with E-state index < -0.39 is 10.0 Å². The second-order valence-corrected chi connectivity index (χ2v) is 8.77. The standard InChI is InChI=1S/C14H17ClN2O2S2/c1-21(18,19)17-8-6-16(7-9-17)10-13-14(15)11-4-2-3-5-12(11)20-13/h2-5H,6-10H2,1H3. The molecule has 2 heterocycles. The molecule has 3 rings (SSSR count). The maximum atomic E-state index is 11.5. The highest BCUT2D eigenvalue weighted by Gasteiger charge is 2.24. The van der Waals surface area contributed by atoms with Crippen LogP contribution >= 0.6 is 22.9 Å². The Morgan fingerprint density at radius 1 is 1.19 bits per heavy atom. The Morgan fingerprint density at radius 3 is 2.48 bits per heavy atom. The average molecular weight is 345 g/mol. The third-order valence-electron chi connectivity index (χ3n) is 3.77. The molecule has 114 valence electrons. The van der Waals surface area contributed by atoms with Crippen molar-refractivity contribution in [2.45, 2.75) is 6.54 Å². The minimum absolute atomic E-state index is 0.557. The number of fused-ring (bicyclic) bond motifs is 1. The van der Waals surface area contributed by atoms with E-state index in [2.05, 4.69) is 11.0 Å². The number of halogens is 1. The summed E-state index contributed by atoms with van der Waals surface area (Å²) in [5.41, 5.74) is 0. The molecule has 1 aliphatic rings. The second kappa shape index (κ2) is 5.85. The summed E-state index contributed by atoms with van der Waals surface area (Å²) in [6.45, 7) is 3.40. The number of rotatable bonds is 3. The Labute approximate surface area is 134 Å². The lowest BCUT2D eigenvalue weighted by molar-refractivity contribution is 0.183. The molecule has 0 bridgehead atoms. The summed E-state index contributed by atoms with van der Waals surface area (Å²) in [6, 6.07) is 8.13. The molecule has 0 saturated carbocycles. The van der Waals surface area contributed by atoms with E-state index in [1.165, 1.54) is 15.3 Å². The lowest BCUT2D eigenvalue weighted by Gasteiger charge is -2.32. The number of thiophene rings is 1. The minimum atomic E-state index is -3.07. The van der Waals surface area contributed by atoms with Crippen LogP contribution in [-0.2, 0) is 16.6 Å². The van der Waals surface area contributed by atoms with Gasteiger partial charge in [0, 0.05) is 47.7 Å². The number of benzene rings is 1. The Hall–Kier alpha value is -0.660. The van der Waals surface area contributed by atoms with Crippen LogP contribution in [0.4, 0.5) is 0 Å². The summed E-state index contributed by atoms with van der Waals surface area (Å²) >= 11 is 8.17. The molecule has 0 unspecified atom stereocenters. The van der Waals surface area contributed by atoms with E-state index in [-0.39, 0.29) is 0 Å². The highest BCUT2D eigenvalue weighted by molar-refractivity contribution is 7.88. The molecule has 0 atom stereocenters. The van der Waals surface area contributed by atoms with Gasteiger partial charge in [-0.1, -0.05) is 29.8 Å². The first-order valence-corrected chi connectivity index (χ1v) is 9.83. The molecular weight excluding hydrogens is 328 g/mol. The van der Waals surface area contributed by atoms with Crippen molar-refractivity contribution in [3.8, 4) is 0 Å². The second-order valence-electron chi connectivity index (χ2n) is 5.27. The van der Waals surface area contributed by atoms with E-state index in [0.29, 0.717) is 13.1 Å². The van der Waals surface area contributed by atoms with Crippen LogP contribution in [-0.4, -0.2) is 50.1 Å². The fourth-order valence-electron chi connectivity index (χ4n) is 2.59. The van der Waals surface area contributed by atoms with Gasteiger partial charge in [0.05, 0.1) is 11.3 Å². The molecule has 7 heteroatoms. The molecule has 1 aromatic carbocycles. The van der Waals surface area contributed by atoms with Gasteiger partial charge in [-0.05, 0) is 6.07 Å². The van der Waals surface area contributed by atoms with E-state index in [0.717, 1.165) is 34.9 Å². The topological polar surface area (TPSA) is 40.6 Å². The van der Waals surface area contributed by atoms with Crippen LogP contribution in [0.1, 0.15) is 4.88 Å². The molecule has 1 aliphatic heterocycles. The smallest absolute Gasteiger partial charge is 0.211 e. The predicted octanol–water partition coefficient (Wildman–Crippen LogP) is 2.63. The quantitative estimate of drug-likeness (QED) is 0.859. The third kappa shape index (κ3) is 3.24. The molecule has 0 radical (unpaired) electrons. The van der Waals surface area contributed by atoms with E-state index in [1.807, 2.05) is 18.2 Å². The van der Waals surface area contributed by atoms with Gasteiger partial charge in [-0.15, -0.1) is 11.3 Å². The van der Waals surface area contributed by atoms with Crippen LogP contribution in [0.25, 0.3) is 10.1 Å². The Morgan fingerprint density at radius 2 is 1.86 bits per heavy atom. The van der Waals surface area contributed by atoms with Crippen LogP contribution in [0.3, 0.4) is 0 Å². The van der Waals surface area contributed by atoms with E-state index >= 15 is 0 Å². The van der Waals surface area contributed by atoms with E-state index in [4.69, 9.17) is 11.6 Å². The predicted molar refractivity (Wildman–Crippen MR) is 88.5 cm³/mol. The number of piperazine rings is 1. The molecule has 1 saturated heterocycles. The number of sulfonamides is 1.